The van der Waals surface area contributed by atoms with Crippen molar-refractivity contribution in [2.24, 2.45) is 0 Å². The fourth-order valence-corrected chi connectivity index (χ4v) is 6.13. The van der Waals surface area contributed by atoms with E-state index in [9.17, 15) is 4.79 Å². The Kier molecular flexibility index (Phi) is 6.64. The maximum absolute atomic E-state index is 11.7. The summed E-state index contributed by atoms with van der Waals surface area (Å²) >= 11 is 1.77. The van der Waals surface area contributed by atoms with Crippen molar-refractivity contribution in [2.45, 2.75) is 32.7 Å². The number of carbonyl (C=O) groups is 1. The maximum atomic E-state index is 11.7. The number of aromatic amines is 1. The minimum absolute atomic E-state index is 0.309. The van der Waals surface area contributed by atoms with Crippen molar-refractivity contribution in [2.75, 3.05) is 25.0 Å². The van der Waals surface area contributed by atoms with Crippen molar-refractivity contribution < 1.29 is 4.79 Å². The van der Waals surface area contributed by atoms with Gasteiger partial charge in [0.05, 0.1) is 15.9 Å². The number of rotatable bonds is 9. The summed E-state index contributed by atoms with van der Waals surface area (Å²) in [6.45, 7) is 5.62. The molecule has 1 fully saturated rings. The molecule has 6 nitrogen and oxygen atoms in total. The summed E-state index contributed by atoms with van der Waals surface area (Å²) < 4.78 is 1.16. The molecule has 0 aliphatic carbocycles. The predicted octanol–water partition coefficient (Wildman–Crippen LogP) is 6.60. The fourth-order valence-electron chi connectivity index (χ4n) is 5.04. The molecule has 3 N–H and O–H groups in total. The largest absolute Gasteiger partial charge is 0.359 e. The number of aromatic nitrogens is 2. The van der Waals surface area contributed by atoms with E-state index in [-0.39, 0.29) is 0 Å². The molecule has 3 aromatic heterocycles. The number of nitrogens with zero attached hydrogens (tertiary/aromatic N) is 2. The smallest absolute Gasteiger partial charge is 0.222 e. The van der Waals surface area contributed by atoms with Crippen LogP contribution in [0.1, 0.15) is 30.5 Å². The van der Waals surface area contributed by atoms with Gasteiger partial charge in [0.15, 0.2) is 0 Å². The molecule has 0 radical (unpaired) electrons. The van der Waals surface area contributed by atoms with Crippen LogP contribution in [0.25, 0.3) is 31.6 Å². The van der Waals surface area contributed by atoms with Crippen LogP contribution in [0, 0.1) is 6.92 Å². The second-order valence-corrected chi connectivity index (χ2v) is 10.8. The van der Waals surface area contributed by atoms with Crippen LogP contribution in [0.5, 0.6) is 0 Å². The molecule has 188 valence electrons. The summed E-state index contributed by atoms with van der Waals surface area (Å²) in [6.07, 6.45) is 4.59. The third-order valence-corrected chi connectivity index (χ3v) is 8.17. The van der Waals surface area contributed by atoms with Gasteiger partial charge in [0.2, 0.25) is 5.91 Å². The van der Waals surface area contributed by atoms with Crippen LogP contribution in [-0.2, 0) is 11.3 Å². The lowest BCUT2D eigenvalue weighted by molar-refractivity contribution is -0.127. The summed E-state index contributed by atoms with van der Waals surface area (Å²) in [5.74, 6) is 0.309. The number of H-pyrrole nitrogens is 1. The van der Waals surface area contributed by atoms with Crippen molar-refractivity contribution in [1.82, 2.24) is 20.2 Å². The van der Waals surface area contributed by atoms with Crippen molar-refractivity contribution >= 4 is 49.7 Å². The topological polar surface area (TPSA) is 73.1 Å². The second kappa shape index (κ2) is 10.4. The number of thiophene rings is 1. The van der Waals surface area contributed by atoms with E-state index in [0.717, 1.165) is 72.5 Å². The highest BCUT2D eigenvalue weighted by Crippen LogP contribution is 2.37. The van der Waals surface area contributed by atoms with E-state index in [1.165, 1.54) is 27.1 Å². The Balaban J connectivity index is 1.10. The van der Waals surface area contributed by atoms with Gasteiger partial charge in [-0.05, 0) is 73.8 Å². The molecule has 1 aliphatic heterocycles. The van der Waals surface area contributed by atoms with E-state index in [2.05, 4.69) is 82.1 Å². The lowest BCUT2D eigenvalue weighted by Crippen LogP contribution is -2.28. The average Bonchev–Trinajstić information content (AvgIpc) is 3.62. The van der Waals surface area contributed by atoms with Crippen LogP contribution in [0.2, 0.25) is 0 Å². The molecule has 0 unspecified atom stereocenters. The van der Waals surface area contributed by atoms with E-state index >= 15 is 0 Å². The number of anilines is 2. The van der Waals surface area contributed by atoms with Gasteiger partial charge in [-0.3, -0.25) is 9.78 Å². The second-order valence-electron chi connectivity index (χ2n) is 9.77. The van der Waals surface area contributed by atoms with Crippen molar-refractivity contribution in [3.05, 3.63) is 78.1 Å². The fraction of sp³-hybridized carbons (Fsp3) is 0.267. The number of amides is 1. The molecular weight excluding hydrogens is 478 g/mol. The number of pyridine rings is 1. The van der Waals surface area contributed by atoms with Gasteiger partial charge in [-0.2, -0.15) is 0 Å². The average molecular weight is 510 g/mol. The van der Waals surface area contributed by atoms with Gasteiger partial charge in [0, 0.05) is 59.4 Å². The molecule has 0 saturated carbocycles. The van der Waals surface area contributed by atoms with Crippen LogP contribution in [0.3, 0.4) is 0 Å². The molecule has 6 rings (SSSR count). The van der Waals surface area contributed by atoms with Gasteiger partial charge in [-0.25, -0.2) is 0 Å². The molecule has 5 aromatic rings. The Morgan fingerprint density at radius 2 is 1.97 bits per heavy atom. The first-order valence-corrected chi connectivity index (χ1v) is 13.8. The zero-order chi connectivity index (χ0) is 25.2. The molecular formula is C30H31N5OS. The van der Waals surface area contributed by atoms with Crippen LogP contribution >= 0.6 is 11.3 Å². The van der Waals surface area contributed by atoms with Crippen molar-refractivity contribution in [3.63, 3.8) is 0 Å². The van der Waals surface area contributed by atoms with E-state index in [4.69, 9.17) is 0 Å². The molecule has 0 atom stereocenters. The highest BCUT2D eigenvalue weighted by molar-refractivity contribution is 7.22. The molecule has 2 aromatic carbocycles. The highest BCUT2D eigenvalue weighted by Gasteiger charge is 2.18. The van der Waals surface area contributed by atoms with Crippen LogP contribution in [0.15, 0.2) is 66.9 Å². The molecule has 0 spiro atoms. The number of fused-ring (bicyclic) bond motifs is 2. The summed E-state index contributed by atoms with van der Waals surface area (Å²) in [5, 5.41) is 8.32. The minimum atomic E-state index is 0.309. The predicted molar refractivity (Wildman–Crippen MR) is 154 cm³/mol. The number of hydrogen-bond donors (Lipinski definition) is 3. The lowest BCUT2D eigenvalue weighted by Gasteiger charge is -2.15. The number of carbonyl (C=O) groups excluding carboxylic acids is 1. The van der Waals surface area contributed by atoms with E-state index in [0.29, 0.717) is 5.91 Å². The minimum Gasteiger partial charge on any atom is -0.359 e. The number of nitrogens with one attached hydrogen (secondary N) is 3. The molecule has 7 heteroatoms. The Morgan fingerprint density at radius 1 is 1.08 bits per heavy atom. The van der Waals surface area contributed by atoms with Crippen LogP contribution in [0.4, 0.5) is 11.4 Å². The Bertz CT molecular complexity index is 1550. The summed E-state index contributed by atoms with van der Waals surface area (Å²) in [6, 6.07) is 21.6. The first kappa shape index (κ1) is 23.7. The summed E-state index contributed by atoms with van der Waals surface area (Å²) in [5.41, 5.74) is 7.93. The van der Waals surface area contributed by atoms with Gasteiger partial charge >= 0.3 is 0 Å². The SMILES string of the molecule is Cc1cc2cc(Nc3ccnc4cc(-c5ccc(CNCCCN6CCCC6=O)cc5)sc34)ccc2[nH]1. The van der Waals surface area contributed by atoms with Gasteiger partial charge in [0.1, 0.15) is 0 Å². The van der Waals surface area contributed by atoms with Crippen LogP contribution < -0.4 is 10.6 Å². The van der Waals surface area contributed by atoms with Crippen LogP contribution in [-0.4, -0.2) is 40.4 Å². The standard InChI is InChI=1S/C30H31N5OS/c1-20-16-23-17-24(9-10-25(23)33-20)34-26-11-13-32-27-18-28(37-30(26)27)22-7-5-21(6-8-22)19-31-12-3-15-35-14-2-4-29(35)36/h5-11,13,16-18,31,33H,2-4,12,14-15,19H2,1H3,(H,32,34). The quantitative estimate of drug-likeness (QED) is 0.196. The molecule has 4 heterocycles. The summed E-state index contributed by atoms with van der Waals surface area (Å²) in [7, 11) is 0. The van der Waals surface area contributed by atoms with Crippen molar-refractivity contribution in [1.29, 1.82) is 0 Å². The number of aryl methyl sites for hydroxylation is 1. The summed E-state index contributed by atoms with van der Waals surface area (Å²) in [4.78, 5) is 22.9. The normalized spacial score (nSPS) is 13.8. The highest BCUT2D eigenvalue weighted by atomic mass is 32.1. The molecule has 37 heavy (non-hydrogen) atoms. The number of benzene rings is 2. The van der Waals surface area contributed by atoms with Gasteiger partial charge < -0.3 is 20.5 Å². The molecule has 1 amide bonds. The zero-order valence-corrected chi connectivity index (χ0v) is 21.8. The maximum Gasteiger partial charge on any atom is 0.222 e. The third-order valence-electron chi connectivity index (χ3n) is 6.97. The zero-order valence-electron chi connectivity index (χ0n) is 21.0. The Morgan fingerprint density at radius 3 is 2.81 bits per heavy atom. The number of hydrogen-bond acceptors (Lipinski definition) is 5. The van der Waals surface area contributed by atoms with E-state index < -0.39 is 0 Å². The van der Waals surface area contributed by atoms with E-state index in [1.807, 2.05) is 17.2 Å². The Hall–Kier alpha value is -3.68. The Labute approximate surface area is 220 Å². The first-order chi connectivity index (χ1) is 18.1. The molecule has 1 aliphatic rings. The third kappa shape index (κ3) is 5.24. The monoisotopic (exact) mass is 509 g/mol. The number of likely N-dealkylation sites (tertiary alicyclic amines) is 1. The van der Waals surface area contributed by atoms with Crippen molar-refractivity contribution in [3.8, 4) is 10.4 Å². The lowest BCUT2D eigenvalue weighted by atomic mass is 10.1. The molecule has 0 bridgehead atoms. The van der Waals surface area contributed by atoms with Gasteiger partial charge in [0.25, 0.3) is 0 Å². The van der Waals surface area contributed by atoms with Gasteiger partial charge in [-0.1, -0.05) is 24.3 Å². The van der Waals surface area contributed by atoms with Gasteiger partial charge in [-0.15, -0.1) is 11.3 Å². The van der Waals surface area contributed by atoms with E-state index in [1.54, 1.807) is 11.3 Å². The molecule has 1 saturated heterocycles. The first-order valence-electron chi connectivity index (χ1n) is 13.0.